The molecule has 2 aromatic rings. The number of aryl methyl sites for hydroxylation is 1. The number of hydrogen-bond donors (Lipinski definition) is 1. The van der Waals surface area contributed by atoms with E-state index in [2.05, 4.69) is 4.98 Å². The zero-order valence-electron chi connectivity index (χ0n) is 12.3. The first-order valence-electron chi connectivity index (χ1n) is 7.24. The number of rotatable bonds is 2. The summed E-state index contributed by atoms with van der Waals surface area (Å²) in [6, 6.07) is 5.70. The van der Waals surface area contributed by atoms with E-state index < -0.39 is 11.8 Å². The smallest absolute Gasteiger partial charge is 0.380 e. The van der Waals surface area contributed by atoms with Crippen LogP contribution >= 0.6 is 0 Å². The maximum absolute atomic E-state index is 12.8. The summed E-state index contributed by atoms with van der Waals surface area (Å²) in [7, 11) is 0. The van der Waals surface area contributed by atoms with Gasteiger partial charge in [0.25, 0.3) is 0 Å². The van der Waals surface area contributed by atoms with Crippen LogP contribution in [0.5, 0.6) is 0 Å². The Hall–Kier alpha value is -1.60. The highest BCUT2D eigenvalue weighted by Gasteiger charge is 2.54. The summed E-state index contributed by atoms with van der Waals surface area (Å²) >= 11 is 0. The van der Waals surface area contributed by atoms with Crippen LogP contribution in [0.4, 0.5) is 13.2 Å². The van der Waals surface area contributed by atoms with Gasteiger partial charge in [-0.15, -0.1) is 0 Å². The number of aromatic nitrogens is 2. The van der Waals surface area contributed by atoms with Crippen LogP contribution in [-0.4, -0.2) is 44.3 Å². The molecule has 3 rings (SSSR count). The molecular weight excluding hydrogens is 295 g/mol. The number of imidazole rings is 1. The molecule has 3 heterocycles. The molecule has 1 saturated heterocycles. The van der Waals surface area contributed by atoms with Gasteiger partial charge in [-0.3, -0.25) is 4.90 Å². The number of pyridine rings is 1. The first kappa shape index (κ1) is 15.3. The van der Waals surface area contributed by atoms with E-state index in [4.69, 9.17) is 0 Å². The maximum Gasteiger partial charge on any atom is 0.417 e. The van der Waals surface area contributed by atoms with Crippen molar-refractivity contribution in [1.82, 2.24) is 14.3 Å². The summed E-state index contributed by atoms with van der Waals surface area (Å²) in [4.78, 5) is 6.39. The van der Waals surface area contributed by atoms with Crippen LogP contribution in [0.2, 0.25) is 0 Å². The Balaban J connectivity index is 1.74. The molecule has 0 amide bonds. The first-order valence-corrected chi connectivity index (χ1v) is 7.24. The predicted molar refractivity (Wildman–Crippen MR) is 75.4 cm³/mol. The van der Waals surface area contributed by atoms with Crippen LogP contribution in [0.1, 0.15) is 24.2 Å². The monoisotopic (exact) mass is 313 g/mol. The molecule has 4 nitrogen and oxygen atoms in total. The van der Waals surface area contributed by atoms with Crippen LogP contribution in [0.3, 0.4) is 0 Å². The van der Waals surface area contributed by atoms with Gasteiger partial charge in [0.05, 0.1) is 11.4 Å². The lowest BCUT2D eigenvalue weighted by atomic mass is 9.91. The van der Waals surface area contributed by atoms with Crippen LogP contribution in [0, 0.1) is 6.92 Å². The van der Waals surface area contributed by atoms with E-state index in [-0.39, 0.29) is 25.9 Å². The van der Waals surface area contributed by atoms with Gasteiger partial charge in [0.1, 0.15) is 5.65 Å². The van der Waals surface area contributed by atoms with Gasteiger partial charge < -0.3 is 9.51 Å². The van der Waals surface area contributed by atoms with Crippen molar-refractivity contribution < 1.29 is 18.3 Å². The van der Waals surface area contributed by atoms with E-state index in [1.807, 2.05) is 40.6 Å². The molecule has 0 aliphatic carbocycles. The third kappa shape index (κ3) is 2.59. The summed E-state index contributed by atoms with van der Waals surface area (Å²) in [5.41, 5.74) is 0.146. The molecule has 0 bridgehead atoms. The Morgan fingerprint density at radius 1 is 1.27 bits per heavy atom. The molecule has 0 spiro atoms. The predicted octanol–water partition coefficient (Wildman–Crippen LogP) is 2.53. The summed E-state index contributed by atoms with van der Waals surface area (Å²) in [6.45, 7) is 2.87. The van der Waals surface area contributed by atoms with Crippen LogP contribution in [-0.2, 0) is 6.54 Å². The lowest BCUT2D eigenvalue weighted by molar-refractivity contribution is -0.272. The quantitative estimate of drug-likeness (QED) is 0.926. The fourth-order valence-electron chi connectivity index (χ4n) is 2.93. The highest BCUT2D eigenvalue weighted by Crippen LogP contribution is 2.38. The zero-order valence-corrected chi connectivity index (χ0v) is 12.3. The Labute approximate surface area is 126 Å². The van der Waals surface area contributed by atoms with Crippen molar-refractivity contribution in [2.45, 2.75) is 38.1 Å². The van der Waals surface area contributed by atoms with Crippen molar-refractivity contribution in [1.29, 1.82) is 0 Å². The molecule has 1 aliphatic heterocycles. The summed E-state index contributed by atoms with van der Waals surface area (Å²) < 4.78 is 40.4. The van der Waals surface area contributed by atoms with E-state index >= 15 is 0 Å². The van der Waals surface area contributed by atoms with Crippen LogP contribution in [0.25, 0.3) is 5.65 Å². The Kier molecular flexibility index (Phi) is 3.65. The van der Waals surface area contributed by atoms with Gasteiger partial charge in [-0.2, -0.15) is 13.2 Å². The van der Waals surface area contributed by atoms with Gasteiger partial charge in [0.2, 0.25) is 0 Å². The fraction of sp³-hybridized carbons (Fsp3) is 0.533. The lowest BCUT2D eigenvalue weighted by Gasteiger charge is -2.39. The molecule has 120 valence electrons. The van der Waals surface area contributed by atoms with Crippen molar-refractivity contribution in [2.75, 3.05) is 13.1 Å². The minimum Gasteiger partial charge on any atom is -0.380 e. The fourth-order valence-corrected chi connectivity index (χ4v) is 2.93. The van der Waals surface area contributed by atoms with Crippen molar-refractivity contribution in [2.24, 2.45) is 0 Å². The molecule has 0 aromatic carbocycles. The summed E-state index contributed by atoms with van der Waals surface area (Å²) in [6.07, 6.45) is -3.22. The van der Waals surface area contributed by atoms with Crippen LogP contribution in [0.15, 0.2) is 24.4 Å². The number of aliphatic hydroxyl groups is 1. The molecule has 2 aromatic heterocycles. The Morgan fingerprint density at radius 3 is 2.59 bits per heavy atom. The van der Waals surface area contributed by atoms with Crippen LogP contribution < -0.4 is 0 Å². The second-order valence-corrected chi connectivity index (χ2v) is 5.88. The normalized spacial score (nSPS) is 19.7. The van der Waals surface area contributed by atoms with Crippen molar-refractivity contribution >= 4 is 5.65 Å². The van der Waals surface area contributed by atoms with Gasteiger partial charge in [0.15, 0.2) is 5.60 Å². The largest absolute Gasteiger partial charge is 0.417 e. The summed E-state index contributed by atoms with van der Waals surface area (Å²) in [5.74, 6) is 0. The van der Waals surface area contributed by atoms with Gasteiger partial charge >= 0.3 is 6.18 Å². The SMILES string of the molecule is Cc1nc2ccccn2c1CN1CCC(O)(C(F)(F)F)CC1. The molecule has 1 fully saturated rings. The topological polar surface area (TPSA) is 40.8 Å². The minimum absolute atomic E-state index is 0.218. The Morgan fingerprint density at radius 2 is 1.95 bits per heavy atom. The average molecular weight is 313 g/mol. The highest BCUT2D eigenvalue weighted by atomic mass is 19.4. The molecular formula is C15H18F3N3O. The Bertz CT molecular complexity index is 672. The molecule has 0 radical (unpaired) electrons. The maximum atomic E-state index is 12.8. The van der Waals surface area contributed by atoms with Gasteiger partial charge in [0, 0.05) is 25.8 Å². The molecule has 0 atom stereocenters. The number of hydrogen-bond acceptors (Lipinski definition) is 3. The molecule has 1 N–H and O–H groups in total. The van der Waals surface area contributed by atoms with Crippen molar-refractivity contribution in [3.8, 4) is 0 Å². The number of nitrogens with zero attached hydrogens (tertiary/aromatic N) is 3. The van der Waals surface area contributed by atoms with Crippen molar-refractivity contribution in [3.05, 3.63) is 35.8 Å². The number of alkyl halides is 3. The lowest BCUT2D eigenvalue weighted by Crippen LogP contribution is -2.53. The molecule has 1 aliphatic rings. The van der Waals surface area contributed by atoms with E-state index in [0.717, 1.165) is 17.0 Å². The standard InChI is InChI=1S/C15H18F3N3O/c1-11-12(21-7-3-2-4-13(21)19-11)10-20-8-5-14(22,6-9-20)15(16,17)18/h2-4,7,22H,5-6,8-10H2,1H3. The molecule has 7 heteroatoms. The number of piperidine rings is 1. The second-order valence-electron chi connectivity index (χ2n) is 5.88. The third-order valence-corrected chi connectivity index (χ3v) is 4.41. The van der Waals surface area contributed by atoms with E-state index in [1.165, 1.54) is 0 Å². The molecule has 0 unspecified atom stereocenters. The molecule has 22 heavy (non-hydrogen) atoms. The van der Waals surface area contributed by atoms with Gasteiger partial charge in [-0.05, 0) is 31.9 Å². The van der Waals surface area contributed by atoms with E-state index in [1.54, 1.807) is 0 Å². The number of halogens is 3. The first-order chi connectivity index (χ1) is 10.3. The highest BCUT2D eigenvalue weighted by molar-refractivity contribution is 5.42. The van der Waals surface area contributed by atoms with Gasteiger partial charge in [-0.25, -0.2) is 4.98 Å². The second kappa shape index (κ2) is 5.24. The molecule has 0 saturated carbocycles. The minimum atomic E-state index is -4.56. The number of likely N-dealkylation sites (tertiary alicyclic amines) is 1. The van der Waals surface area contributed by atoms with Crippen molar-refractivity contribution in [3.63, 3.8) is 0 Å². The third-order valence-electron chi connectivity index (χ3n) is 4.41. The summed E-state index contributed by atoms with van der Waals surface area (Å²) in [5, 5.41) is 9.71. The zero-order chi connectivity index (χ0) is 16.0. The average Bonchev–Trinajstić information content (AvgIpc) is 2.77. The van der Waals surface area contributed by atoms with Gasteiger partial charge in [-0.1, -0.05) is 6.07 Å². The van der Waals surface area contributed by atoms with E-state index in [9.17, 15) is 18.3 Å². The van der Waals surface area contributed by atoms with E-state index in [0.29, 0.717) is 6.54 Å². The number of fused-ring (bicyclic) bond motifs is 1.